The van der Waals surface area contributed by atoms with E-state index in [0.29, 0.717) is 35.5 Å². The number of fused-ring (bicyclic) bond motifs is 2. The average molecular weight is 538 g/mol. The van der Waals surface area contributed by atoms with E-state index in [0.717, 1.165) is 22.4 Å². The standard InChI is InChI=1S/C26H24ClN5O4S/c1-29-37(35,36)18-11-9-17(10-12-18)32-24-20(23(31-32)25(28)33)13-7-15-6-8-16(14-21(15)24)30-26(34)19-4-2-3-5-22(19)27/h2-6,8-12,16,29H,7,13-14H2,1H3,(H2,28,33)(H,30,34). The van der Waals surface area contributed by atoms with Crippen molar-refractivity contribution in [3.05, 3.63) is 93.8 Å². The van der Waals surface area contributed by atoms with Gasteiger partial charge in [0.15, 0.2) is 5.69 Å². The van der Waals surface area contributed by atoms with E-state index in [-0.39, 0.29) is 22.5 Å². The quantitative estimate of drug-likeness (QED) is 0.444. The topological polar surface area (TPSA) is 136 Å². The van der Waals surface area contributed by atoms with Crippen molar-refractivity contribution in [2.24, 2.45) is 5.73 Å². The highest BCUT2D eigenvalue weighted by atomic mass is 35.5. The first-order chi connectivity index (χ1) is 17.7. The lowest BCUT2D eigenvalue weighted by atomic mass is 9.82. The van der Waals surface area contributed by atoms with Gasteiger partial charge in [0, 0.05) is 5.56 Å². The van der Waals surface area contributed by atoms with Crippen LogP contribution in [-0.4, -0.2) is 43.1 Å². The summed E-state index contributed by atoms with van der Waals surface area (Å²) >= 11 is 6.20. The Morgan fingerprint density at radius 3 is 2.51 bits per heavy atom. The van der Waals surface area contributed by atoms with Crippen LogP contribution in [-0.2, 0) is 16.4 Å². The number of nitrogens with zero attached hydrogens (tertiary/aromatic N) is 2. The Balaban J connectivity index is 1.52. The van der Waals surface area contributed by atoms with E-state index in [1.54, 1.807) is 41.1 Å². The number of carbonyl (C=O) groups is 2. The molecule has 4 N–H and O–H groups in total. The summed E-state index contributed by atoms with van der Waals surface area (Å²) in [5.74, 6) is -0.920. The van der Waals surface area contributed by atoms with E-state index < -0.39 is 15.9 Å². The van der Waals surface area contributed by atoms with Gasteiger partial charge in [-0.25, -0.2) is 17.8 Å². The Morgan fingerprint density at radius 2 is 1.84 bits per heavy atom. The number of primary amides is 1. The lowest BCUT2D eigenvalue weighted by Gasteiger charge is -2.28. The molecule has 11 heteroatoms. The van der Waals surface area contributed by atoms with Gasteiger partial charge in [-0.3, -0.25) is 9.59 Å². The smallest absolute Gasteiger partial charge is 0.269 e. The van der Waals surface area contributed by atoms with Crippen LogP contribution in [0, 0.1) is 0 Å². The fourth-order valence-corrected chi connectivity index (χ4v) is 5.70. The molecule has 190 valence electrons. The molecule has 1 unspecified atom stereocenters. The zero-order chi connectivity index (χ0) is 26.3. The fraction of sp³-hybridized carbons (Fsp3) is 0.192. The molecule has 2 amide bonds. The van der Waals surface area contributed by atoms with Crippen LogP contribution in [0.3, 0.4) is 0 Å². The molecular weight excluding hydrogens is 514 g/mol. The number of sulfonamides is 1. The van der Waals surface area contributed by atoms with Crippen LogP contribution in [0.1, 0.15) is 44.9 Å². The van der Waals surface area contributed by atoms with Crippen LogP contribution in [0.2, 0.25) is 5.02 Å². The lowest BCUT2D eigenvalue weighted by molar-refractivity contribution is 0.0943. The lowest BCUT2D eigenvalue weighted by Crippen LogP contribution is -2.35. The predicted octanol–water partition coefficient (Wildman–Crippen LogP) is 2.99. The molecule has 0 aliphatic heterocycles. The molecular formula is C26H24ClN5O4S. The summed E-state index contributed by atoms with van der Waals surface area (Å²) in [5, 5.41) is 7.91. The van der Waals surface area contributed by atoms with Gasteiger partial charge in [-0.05, 0) is 73.9 Å². The number of allylic oxidation sites excluding steroid dienone is 2. The molecule has 9 nitrogen and oxygen atoms in total. The maximum atomic E-state index is 12.9. The minimum Gasteiger partial charge on any atom is -0.364 e. The van der Waals surface area contributed by atoms with E-state index >= 15 is 0 Å². The Kier molecular flexibility index (Phi) is 6.49. The largest absolute Gasteiger partial charge is 0.364 e. The Labute approximate surface area is 219 Å². The number of hydrogen-bond acceptors (Lipinski definition) is 5. The number of hydrogen-bond donors (Lipinski definition) is 3. The van der Waals surface area contributed by atoms with Crippen LogP contribution in [0.25, 0.3) is 11.3 Å². The molecule has 2 aliphatic rings. The second kappa shape index (κ2) is 9.62. The molecule has 2 aliphatic carbocycles. The van der Waals surface area contributed by atoms with Crippen molar-refractivity contribution in [2.45, 2.75) is 30.2 Å². The molecule has 2 aromatic carbocycles. The Hall–Kier alpha value is -3.73. The molecule has 0 saturated heterocycles. The van der Waals surface area contributed by atoms with E-state index in [9.17, 15) is 18.0 Å². The van der Waals surface area contributed by atoms with Crippen molar-refractivity contribution in [2.75, 3.05) is 7.05 Å². The van der Waals surface area contributed by atoms with Crippen molar-refractivity contribution in [3.8, 4) is 5.69 Å². The van der Waals surface area contributed by atoms with Gasteiger partial charge in [0.2, 0.25) is 10.0 Å². The second-order valence-electron chi connectivity index (χ2n) is 8.78. The number of carbonyl (C=O) groups excluding carboxylic acids is 2. The van der Waals surface area contributed by atoms with Gasteiger partial charge in [0.25, 0.3) is 11.8 Å². The third-order valence-corrected chi connectivity index (χ3v) is 8.34. The van der Waals surface area contributed by atoms with Gasteiger partial charge >= 0.3 is 0 Å². The van der Waals surface area contributed by atoms with Crippen LogP contribution in [0.5, 0.6) is 0 Å². The molecule has 0 spiro atoms. The van der Waals surface area contributed by atoms with Crippen LogP contribution in [0.15, 0.2) is 71.2 Å². The van der Waals surface area contributed by atoms with Gasteiger partial charge in [-0.2, -0.15) is 5.10 Å². The number of aromatic nitrogens is 2. The van der Waals surface area contributed by atoms with Gasteiger partial charge < -0.3 is 11.1 Å². The van der Waals surface area contributed by atoms with E-state index in [4.69, 9.17) is 17.3 Å². The van der Waals surface area contributed by atoms with Gasteiger partial charge in [-0.1, -0.05) is 35.9 Å². The van der Waals surface area contributed by atoms with Gasteiger partial charge in [-0.15, -0.1) is 0 Å². The van der Waals surface area contributed by atoms with Crippen molar-refractivity contribution in [3.63, 3.8) is 0 Å². The monoisotopic (exact) mass is 537 g/mol. The summed E-state index contributed by atoms with van der Waals surface area (Å²) in [7, 11) is -2.26. The van der Waals surface area contributed by atoms with Crippen molar-refractivity contribution >= 4 is 39.0 Å². The molecule has 1 atom stereocenters. The molecule has 0 bridgehead atoms. The summed E-state index contributed by atoms with van der Waals surface area (Å²) in [4.78, 5) is 25.2. The fourth-order valence-electron chi connectivity index (χ4n) is 4.75. The third kappa shape index (κ3) is 4.59. The first-order valence-electron chi connectivity index (χ1n) is 11.6. The maximum absolute atomic E-state index is 12.9. The zero-order valence-corrected chi connectivity index (χ0v) is 21.4. The number of rotatable bonds is 6. The first kappa shape index (κ1) is 24.9. The molecule has 1 aromatic heterocycles. The number of nitrogens with one attached hydrogen (secondary N) is 2. The van der Waals surface area contributed by atoms with Gasteiger partial charge in [0.1, 0.15) is 0 Å². The van der Waals surface area contributed by atoms with Gasteiger partial charge in [0.05, 0.1) is 32.9 Å². The summed E-state index contributed by atoms with van der Waals surface area (Å²) in [6.45, 7) is 0. The Morgan fingerprint density at radius 1 is 1.11 bits per heavy atom. The first-order valence-corrected chi connectivity index (χ1v) is 13.5. The Bertz CT molecular complexity index is 1590. The van der Waals surface area contributed by atoms with Crippen molar-refractivity contribution in [1.29, 1.82) is 0 Å². The minimum atomic E-state index is -3.61. The maximum Gasteiger partial charge on any atom is 0.269 e. The molecule has 0 fully saturated rings. The van der Waals surface area contributed by atoms with Crippen molar-refractivity contribution < 1.29 is 18.0 Å². The molecule has 0 saturated carbocycles. The van der Waals surface area contributed by atoms with E-state index in [1.165, 1.54) is 19.2 Å². The SMILES string of the molecule is CNS(=O)(=O)c1ccc(-n2nc(C(N)=O)c3c2C2=C(C=CC(NC(=O)c4ccccc4Cl)C2)CC3)cc1. The molecule has 0 radical (unpaired) electrons. The van der Waals surface area contributed by atoms with E-state index in [2.05, 4.69) is 15.1 Å². The summed E-state index contributed by atoms with van der Waals surface area (Å²) in [6, 6.07) is 12.8. The predicted molar refractivity (Wildman–Crippen MR) is 140 cm³/mol. The highest BCUT2D eigenvalue weighted by Gasteiger charge is 2.32. The number of amides is 2. The zero-order valence-electron chi connectivity index (χ0n) is 19.9. The minimum absolute atomic E-state index is 0.109. The molecule has 1 heterocycles. The number of halogens is 1. The molecule has 5 rings (SSSR count). The van der Waals surface area contributed by atoms with Crippen LogP contribution in [0.4, 0.5) is 0 Å². The average Bonchev–Trinajstić information content (AvgIpc) is 3.29. The third-order valence-electron chi connectivity index (χ3n) is 6.58. The van der Waals surface area contributed by atoms with Crippen LogP contribution >= 0.6 is 11.6 Å². The highest BCUT2D eigenvalue weighted by Crippen LogP contribution is 2.40. The summed E-state index contributed by atoms with van der Waals surface area (Å²) < 4.78 is 28.2. The highest BCUT2D eigenvalue weighted by molar-refractivity contribution is 7.89. The molecule has 37 heavy (non-hydrogen) atoms. The molecule has 3 aromatic rings. The van der Waals surface area contributed by atoms with E-state index in [1.807, 2.05) is 12.2 Å². The number of benzene rings is 2. The normalized spacial score (nSPS) is 16.8. The van der Waals surface area contributed by atoms with Crippen molar-refractivity contribution in [1.82, 2.24) is 19.8 Å². The van der Waals surface area contributed by atoms with Crippen LogP contribution < -0.4 is 15.8 Å². The second-order valence-corrected chi connectivity index (χ2v) is 11.1. The summed E-state index contributed by atoms with van der Waals surface area (Å²) in [5.41, 5.74) is 10.3. The summed E-state index contributed by atoms with van der Waals surface area (Å²) in [6.07, 6.45) is 5.70. The number of nitrogens with two attached hydrogens (primary N) is 1.